The van der Waals surface area contributed by atoms with Crippen molar-refractivity contribution in [3.63, 3.8) is 0 Å². The van der Waals surface area contributed by atoms with Crippen LogP contribution >= 0.6 is 34.8 Å². The van der Waals surface area contributed by atoms with Crippen molar-refractivity contribution in [2.24, 2.45) is 5.41 Å². The number of alkyl halides is 3. The van der Waals surface area contributed by atoms with Crippen LogP contribution in [0.25, 0.3) is 0 Å². The fourth-order valence-electron chi connectivity index (χ4n) is 3.11. The van der Waals surface area contributed by atoms with Crippen LogP contribution in [0.5, 0.6) is 0 Å². The van der Waals surface area contributed by atoms with E-state index in [4.69, 9.17) is 34.8 Å². The summed E-state index contributed by atoms with van der Waals surface area (Å²) in [5, 5.41) is 6.02. The Morgan fingerprint density at radius 1 is 1.13 bits per heavy atom. The Morgan fingerprint density at radius 3 is 2.10 bits per heavy atom. The van der Waals surface area contributed by atoms with Crippen LogP contribution < -0.4 is 0 Å². The van der Waals surface area contributed by atoms with E-state index in [1.807, 2.05) is 0 Å². The molecule has 1 atom stereocenters. The predicted octanol–water partition coefficient (Wildman–Crippen LogP) is 5.09. The fraction of sp³-hybridized carbons (Fsp3) is 0.526. The molecule has 30 heavy (non-hydrogen) atoms. The highest BCUT2D eigenvalue weighted by molar-refractivity contribution is 6.42. The average molecular weight is 488 g/mol. The Hall–Kier alpha value is -1.64. The summed E-state index contributed by atoms with van der Waals surface area (Å²) >= 11 is 16.9. The molecule has 0 spiro atoms. The van der Waals surface area contributed by atoms with Gasteiger partial charge in [0.15, 0.2) is 0 Å². The summed E-state index contributed by atoms with van der Waals surface area (Å²) < 4.78 is 26.8. The Balaban J connectivity index is 3.75. The van der Waals surface area contributed by atoms with Gasteiger partial charge in [-0.25, -0.2) is 4.79 Å². The molecule has 1 rings (SSSR count). The molecule has 11 heteroatoms. The zero-order chi connectivity index (χ0) is 23.5. The van der Waals surface area contributed by atoms with Gasteiger partial charge in [-0.3, -0.25) is 9.69 Å². The number of benzene rings is 1. The molecule has 6 nitrogen and oxygen atoms in total. The lowest BCUT2D eigenvalue weighted by Gasteiger charge is -2.46. The minimum atomic E-state index is -4.20. The third-order valence-corrected chi connectivity index (χ3v) is 5.25. The number of carbonyl (C=O) groups excluding carboxylic acids is 2. The Bertz CT molecular complexity index is 812. The SMILES string of the molecule is CN(CC(CC=O)(c1ccc(Cl)c(Cl)c1)N(CC(C)(C)C)C(=O)O)C(=O)C(F)(F)Cl. The first kappa shape index (κ1) is 26.4. The summed E-state index contributed by atoms with van der Waals surface area (Å²) in [6.07, 6.45) is -1.38. The Morgan fingerprint density at radius 2 is 1.70 bits per heavy atom. The number of rotatable bonds is 8. The molecule has 0 fully saturated rings. The molecular formula is C19H23Cl3F2N2O4. The molecule has 1 unspecified atom stereocenters. The smallest absolute Gasteiger partial charge is 0.408 e. The number of likely N-dealkylation sites (N-methyl/N-ethyl adjacent to an activating group) is 1. The third-order valence-electron chi connectivity index (χ3n) is 4.35. The summed E-state index contributed by atoms with van der Waals surface area (Å²) in [5.41, 5.74) is -2.07. The van der Waals surface area contributed by atoms with Gasteiger partial charge in [0, 0.05) is 26.6 Å². The van der Waals surface area contributed by atoms with Crippen LogP contribution in [0.15, 0.2) is 18.2 Å². The molecule has 0 bridgehead atoms. The summed E-state index contributed by atoms with van der Waals surface area (Å²) in [7, 11) is 1.05. The second kappa shape index (κ2) is 9.66. The van der Waals surface area contributed by atoms with Crippen LogP contribution in [0.2, 0.25) is 10.0 Å². The molecule has 0 aliphatic carbocycles. The van der Waals surface area contributed by atoms with Gasteiger partial charge in [-0.05, 0) is 34.7 Å². The summed E-state index contributed by atoms with van der Waals surface area (Å²) in [5.74, 6) is -1.74. The van der Waals surface area contributed by atoms with Crippen LogP contribution in [-0.4, -0.2) is 58.7 Å². The lowest BCUT2D eigenvalue weighted by atomic mass is 9.82. The van der Waals surface area contributed by atoms with Gasteiger partial charge in [-0.2, -0.15) is 8.78 Å². The van der Waals surface area contributed by atoms with Gasteiger partial charge in [-0.1, -0.05) is 50.0 Å². The van der Waals surface area contributed by atoms with Gasteiger partial charge in [0.05, 0.1) is 15.6 Å². The molecule has 0 aliphatic rings. The van der Waals surface area contributed by atoms with Crippen LogP contribution in [0, 0.1) is 5.41 Å². The second-order valence-electron chi connectivity index (χ2n) is 8.12. The van der Waals surface area contributed by atoms with Gasteiger partial charge in [0.2, 0.25) is 0 Å². The lowest BCUT2D eigenvalue weighted by molar-refractivity contribution is -0.148. The molecule has 0 saturated carbocycles. The van der Waals surface area contributed by atoms with Gasteiger partial charge < -0.3 is 14.8 Å². The number of amides is 2. The fourth-order valence-corrected chi connectivity index (χ4v) is 3.55. The number of hydrogen-bond donors (Lipinski definition) is 1. The molecular weight excluding hydrogens is 465 g/mol. The van der Waals surface area contributed by atoms with Gasteiger partial charge in [0.25, 0.3) is 0 Å². The van der Waals surface area contributed by atoms with E-state index in [0.717, 1.165) is 11.9 Å². The zero-order valence-electron chi connectivity index (χ0n) is 16.9. The van der Waals surface area contributed by atoms with E-state index >= 15 is 0 Å². The largest absolute Gasteiger partial charge is 0.465 e. The molecule has 1 aromatic carbocycles. The number of nitrogens with zero attached hydrogens (tertiary/aromatic N) is 2. The van der Waals surface area contributed by atoms with Crippen molar-refractivity contribution in [2.45, 2.75) is 38.1 Å². The van der Waals surface area contributed by atoms with E-state index in [1.54, 1.807) is 20.8 Å². The number of halogens is 5. The first-order valence-corrected chi connectivity index (χ1v) is 9.90. The van der Waals surface area contributed by atoms with E-state index in [1.165, 1.54) is 18.2 Å². The predicted molar refractivity (Wildman–Crippen MR) is 111 cm³/mol. The topological polar surface area (TPSA) is 77.9 Å². The number of aldehydes is 1. The highest BCUT2D eigenvalue weighted by Crippen LogP contribution is 2.38. The van der Waals surface area contributed by atoms with Crippen molar-refractivity contribution >= 4 is 53.1 Å². The van der Waals surface area contributed by atoms with Crippen LogP contribution in [0.4, 0.5) is 13.6 Å². The van der Waals surface area contributed by atoms with E-state index in [2.05, 4.69) is 0 Å². The van der Waals surface area contributed by atoms with Crippen LogP contribution in [0.1, 0.15) is 32.8 Å². The summed E-state index contributed by atoms with van der Waals surface area (Å²) in [4.78, 5) is 37.4. The third kappa shape index (κ3) is 6.43. The maximum absolute atomic E-state index is 13.4. The Kier molecular flexibility index (Phi) is 8.50. The average Bonchev–Trinajstić information content (AvgIpc) is 2.59. The monoisotopic (exact) mass is 486 g/mol. The van der Waals surface area contributed by atoms with Gasteiger partial charge in [-0.15, -0.1) is 0 Å². The standard InChI is InChI=1S/C19H23Cl3F2N2O4/c1-17(2,3)10-26(16(29)30)18(7-8-27,11-25(4)15(28)19(22,23)24)12-5-6-13(20)14(21)9-12/h5-6,8-9H,7,10-11H2,1-4H3,(H,29,30). The molecule has 0 aliphatic heterocycles. The van der Waals surface area contributed by atoms with Crippen LogP contribution in [0.3, 0.4) is 0 Å². The molecule has 0 saturated heterocycles. The van der Waals surface area contributed by atoms with Crippen molar-refractivity contribution in [3.8, 4) is 0 Å². The highest BCUT2D eigenvalue weighted by Gasteiger charge is 2.47. The molecule has 0 aromatic heterocycles. The Labute approximate surface area is 188 Å². The molecule has 168 valence electrons. The first-order chi connectivity index (χ1) is 13.5. The van der Waals surface area contributed by atoms with Gasteiger partial charge in [0.1, 0.15) is 6.29 Å². The number of hydrogen-bond acceptors (Lipinski definition) is 3. The molecule has 1 N–H and O–H groups in total. The van der Waals surface area contributed by atoms with Crippen LogP contribution in [-0.2, 0) is 15.1 Å². The lowest BCUT2D eigenvalue weighted by Crippen LogP contribution is -2.58. The van der Waals surface area contributed by atoms with E-state index in [9.17, 15) is 28.3 Å². The molecule has 0 radical (unpaired) electrons. The van der Waals surface area contributed by atoms with E-state index < -0.39 is 41.3 Å². The molecule has 2 amide bonds. The normalized spacial score (nSPS) is 14.0. The van der Waals surface area contributed by atoms with Gasteiger partial charge >= 0.3 is 17.4 Å². The maximum Gasteiger partial charge on any atom is 0.408 e. The van der Waals surface area contributed by atoms with Crippen molar-refractivity contribution < 1.29 is 28.3 Å². The quantitative estimate of drug-likeness (QED) is 0.409. The molecule has 1 aromatic rings. The maximum atomic E-state index is 13.4. The summed E-state index contributed by atoms with van der Waals surface area (Å²) in [6, 6.07) is 4.19. The van der Waals surface area contributed by atoms with Crippen molar-refractivity contribution in [2.75, 3.05) is 20.1 Å². The van der Waals surface area contributed by atoms with E-state index in [0.29, 0.717) is 11.2 Å². The zero-order valence-corrected chi connectivity index (χ0v) is 19.2. The van der Waals surface area contributed by atoms with Crippen molar-refractivity contribution in [3.05, 3.63) is 33.8 Å². The van der Waals surface area contributed by atoms with E-state index in [-0.39, 0.29) is 22.2 Å². The minimum Gasteiger partial charge on any atom is -0.465 e. The second-order valence-corrected chi connectivity index (χ2v) is 9.41. The minimum absolute atomic E-state index is 0.0715. The molecule has 0 heterocycles. The number of carbonyl (C=O) groups is 3. The van der Waals surface area contributed by atoms with Crippen molar-refractivity contribution in [1.82, 2.24) is 9.80 Å². The number of carboxylic acid groups (broad SMARTS) is 1. The van der Waals surface area contributed by atoms with Crippen molar-refractivity contribution in [1.29, 1.82) is 0 Å². The first-order valence-electron chi connectivity index (χ1n) is 8.77. The highest BCUT2D eigenvalue weighted by atomic mass is 35.5. The summed E-state index contributed by atoms with van der Waals surface area (Å²) in [6.45, 7) is 4.66.